The average Bonchev–Trinajstić information content (AvgIpc) is 2.64. The van der Waals surface area contributed by atoms with Gasteiger partial charge in [0.25, 0.3) is 0 Å². The molecule has 0 saturated carbocycles. The van der Waals surface area contributed by atoms with Crippen LogP contribution in [0.5, 0.6) is 11.5 Å². The van der Waals surface area contributed by atoms with Gasteiger partial charge in [0.1, 0.15) is 5.75 Å². The molecule has 1 aromatic heterocycles. The average molecular weight is 424 g/mol. The summed E-state index contributed by atoms with van der Waals surface area (Å²) in [4.78, 5) is 20.1. The Balaban J connectivity index is 1.60. The number of amides is 1. The summed E-state index contributed by atoms with van der Waals surface area (Å²) < 4.78 is 47.1. The molecule has 1 aliphatic rings. The van der Waals surface area contributed by atoms with Crippen molar-refractivity contribution in [1.82, 2.24) is 14.8 Å². The number of ether oxygens (including phenoxy) is 2. The number of rotatable bonds is 4. The quantitative estimate of drug-likeness (QED) is 0.808. The van der Waals surface area contributed by atoms with Gasteiger partial charge in [0.2, 0.25) is 0 Å². The molecule has 30 heavy (non-hydrogen) atoms. The maximum atomic E-state index is 12.6. The fourth-order valence-corrected chi connectivity index (χ4v) is 3.41. The zero-order valence-electron chi connectivity index (χ0n) is 16.6. The first-order valence-electron chi connectivity index (χ1n) is 9.38. The zero-order chi connectivity index (χ0) is 21.9. The summed E-state index contributed by atoms with van der Waals surface area (Å²) in [6.07, 6.45) is -2.36. The maximum absolute atomic E-state index is 12.6. The van der Waals surface area contributed by atoms with Gasteiger partial charge >= 0.3 is 12.5 Å². The third-order valence-electron chi connectivity index (χ3n) is 4.90. The van der Waals surface area contributed by atoms with Crippen LogP contribution in [0, 0.1) is 6.92 Å². The molecule has 1 fully saturated rings. The number of benzene rings is 1. The topological polar surface area (TPSA) is 80.9 Å². The second-order valence-corrected chi connectivity index (χ2v) is 7.19. The first-order chi connectivity index (χ1) is 14.1. The number of nitrogens with two attached hydrogens (primary N) is 1. The smallest absolute Gasteiger partial charge is 0.408 e. The molecule has 1 atom stereocenters. The van der Waals surface area contributed by atoms with Gasteiger partial charge < -0.3 is 20.1 Å². The molecule has 0 unspecified atom stereocenters. The van der Waals surface area contributed by atoms with Crippen LogP contribution in [-0.4, -0.2) is 52.9 Å². The highest BCUT2D eigenvalue weighted by molar-refractivity contribution is 5.71. The van der Waals surface area contributed by atoms with Crippen LogP contribution in [-0.2, 0) is 6.54 Å². The predicted molar refractivity (Wildman–Crippen MR) is 104 cm³/mol. The number of hydrogen-bond acceptors (Lipinski definition) is 6. The number of halogens is 3. The molecule has 0 bridgehead atoms. The van der Waals surface area contributed by atoms with Crippen LogP contribution >= 0.6 is 0 Å². The summed E-state index contributed by atoms with van der Waals surface area (Å²) in [6.45, 7) is 5.47. The molecule has 1 aliphatic heterocycles. The third-order valence-corrected chi connectivity index (χ3v) is 4.90. The summed E-state index contributed by atoms with van der Waals surface area (Å²) in [5, 5.41) is 0. The minimum Gasteiger partial charge on any atom is -0.408 e. The third kappa shape index (κ3) is 5.53. The molecule has 2 aromatic rings. The van der Waals surface area contributed by atoms with Gasteiger partial charge in [-0.05, 0) is 31.0 Å². The van der Waals surface area contributed by atoms with Crippen molar-refractivity contribution >= 4 is 11.8 Å². The molecule has 0 radical (unpaired) electrons. The van der Waals surface area contributed by atoms with Crippen molar-refractivity contribution in [2.75, 3.05) is 25.4 Å². The highest BCUT2D eigenvalue weighted by Crippen LogP contribution is 2.29. The normalized spacial score (nSPS) is 17.6. The first kappa shape index (κ1) is 21.7. The Morgan fingerprint density at radius 1 is 1.30 bits per heavy atom. The molecule has 1 aromatic carbocycles. The van der Waals surface area contributed by atoms with E-state index in [1.165, 1.54) is 24.5 Å². The van der Waals surface area contributed by atoms with Crippen molar-refractivity contribution < 1.29 is 27.4 Å². The van der Waals surface area contributed by atoms with Crippen LogP contribution in [0.2, 0.25) is 0 Å². The van der Waals surface area contributed by atoms with E-state index >= 15 is 0 Å². The van der Waals surface area contributed by atoms with Gasteiger partial charge in [-0.3, -0.25) is 9.88 Å². The molecule has 162 valence electrons. The van der Waals surface area contributed by atoms with E-state index in [4.69, 9.17) is 10.5 Å². The van der Waals surface area contributed by atoms with Gasteiger partial charge in [0, 0.05) is 38.3 Å². The Morgan fingerprint density at radius 2 is 2.07 bits per heavy atom. The Hall–Kier alpha value is -3.01. The number of carbonyl (C=O) groups is 1. The van der Waals surface area contributed by atoms with Crippen LogP contribution in [0.15, 0.2) is 36.7 Å². The molecular formula is C20H23F3N4O3. The lowest BCUT2D eigenvalue weighted by molar-refractivity contribution is -0.274. The van der Waals surface area contributed by atoms with Gasteiger partial charge in [-0.25, -0.2) is 4.79 Å². The molecule has 3 rings (SSSR count). The van der Waals surface area contributed by atoms with E-state index in [9.17, 15) is 18.0 Å². The van der Waals surface area contributed by atoms with Gasteiger partial charge in [-0.1, -0.05) is 12.1 Å². The zero-order valence-corrected chi connectivity index (χ0v) is 16.6. The molecule has 0 spiro atoms. The summed E-state index contributed by atoms with van der Waals surface area (Å²) in [7, 11) is 0. The second-order valence-electron chi connectivity index (χ2n) is 7.19. The number of pyridine rings is 1. The van der Waals surface area contributed by atoms with Gasteiger partial charge in [0.15, 0.2) is 5.75 Å². The van der Waals surface area contributed by atoms with Crippen LogP contribution in [0.3, 0.4) is 0 Å². The Bertz CT molecular complexity index is 907. The summed E-state index contributed by atoms with van der Waals surface area (Å²) in [5.41, 5.74) is 7.22. The van der Waals surface area contributed by atoms with Gasteiger partial charge in [-0.2, -0.15) is 0 Å². The SMILES string of the molecule is Cc1c(CN2CCN(C(=O)Oc3cncc(N)c3)[C@H](C)C2)cccc1OC(F)(F)F. The molecule has 2 heterocycles. The minimum absolute atomic E-state index is 0.143. The number of aromatic nitrogens is 1. The number of nitrogen functional groups attached to an aromatic ring is 1. The van der Waals surface area contributed by atoms with E-state index in [1.807, 2.05) is 6.92 Å². The van der Waals surface area contributed by atoms with Crippen molar-refractivity contribution in [3.05, 3.63) is 47.8 Å². The van der Waals surface area contributed by atoms with Crippen LogP contribution in [0.1, 0.15) is 18.1 Å². The van der Waals surface area contributed by atoms with E-state index in [1.54, 1.807) is 24.0 Å². The number of piperazine rings is 1. The van der Waals surface area contributed by atoms with Crippen LogP contribution in [0.4, 0.5) is 23.7 Å². The molecule has 1 saturated heterocycles. The second kappa shape index (κ2) is 8.78. The molecular weight excluding hydrogens is 401 g/mol. The summed E-state index contributed by atoms with van der Waals surface area (Å²) in [5.74, 6) is 0.0674. The lowest BCUT2D eigenvalue weighted by atomic mass is 10.1. The Kier molecular flexibility index (Phi) is 6.35. The highest BCUT2D eigenvalue weighted by atomic mass is 19.4. The first-order valence-corrected chi connectivity index (χ1v) is 9.38. The fraction of sp³-hybridized carbons (Fsp3) is 0.400. The maximum Gasteiger partial charge on any atom is 0.573 e. The molecule has 1 amide bonds. The fourth-order valence-electron chi connectivity index (χ4n) is 3.41. The minimum atomic E-state index is -4.73. The van der Waals surface area contributed by atoms with E-state index < -0.39 is 12.5 Å². The van der Waals surface area contributed by atoms with E-state index in [-0.39, 0.29) is 17.5 Å². The van der Waals surface area contributed by atoms with Gasteiger partial charge in [-0.15, -0.1) is 13.2 Å². The van der Waals surface area contributed by atoms with E-state index in [0.717, 1.165) is 5.56 Å². The van der Waals surface area contributed by atoms with Crippen molar-refractivity contribution in [3.8, 4) is 11.5 Å². The van der Waals surface area contributed by atoms with Gasteiger partial charge in [0.05, 0.1) is 18.1 Å². The predicted octanol–water partition coefficient (Wildman–Crippen LogP) is 3.58. The molecule has 2 N–H and O–H groups in total. The lowest BCUT2D eigenvalue weighted by Crippen LogP contribution is -2.54. The summed E-state index contributed by atoms with van der Waals surface area (Å²) >= 11 is 0. The monoisotopic (exact) mass is 424 g/mol. The number of hydrogen-bond donors (Lipinski definition) is 1. The van der Waals surface area contributed by atoms with Crippen molar-refractivity contribution in [3.63, 3.8) is 0 Å². The van der Waals surface area contributed by atoms with Crippen molar-refractivity contribution in [1.29, 1.82) is 0 Å². The highest BCUT2D eigenvalue weighted by Gasteiger charge is 2.32. The van der Waals surface area contributed by atoms with Crippen LogP contribution < -0.4 is 15.2 Å². The summed E-state index contributed by atoms with van der Waals surface area (Å²) in [6, 6.07) is 5.99. The lowest BCUT2D eigenvalue weighted by Gasteiger charge is -2.39. The van der Waals surface area contributed by atoms with Crippen LogP contribution in [0.25, 0.3) is 0 Å². The van der Waals surface area contributed by atoms with E-state index in [0.29, 0.717) is 37.4 Å². The number of carbonyl (C=O) groups excluding carboxylic acids is 1. The van der Waals surface area contributed by atoms with Crippen molar-refractivity contribution in [2.45, 2.75) is 32.8 Å². The molecule has 0 aliphatic carbocycles. The number of anilines is 1. The largest absolute Gasteiger partial charge is 0.573 e. The number of nitrogens with zero attached hydrogens (tertiary/aromatic N) is 3. The van der Waals surface area contributed by atoms with Crippen molar-refractivity contribution in [2.24, 2.45) is 0 Å². The van der Waals surface area contributed by atoms with E-state index in [2.05, 4.69) is 14.6 Å². The Morgan fingerprint density at radius 3 is 2.73 bits per heavy atom. The molecule has 10 heteroatoms. The Labute approximate surface area is 172 Å². The molecule has 7 nitrogen and oxygen atoms in total. The standard InChI is InChI=1S/C20H23F3N4O3/c1-13-11-26(12-15-4-3-5-18(14(15)2)30-20(21,22)23)6-7-27(13)19(28)29-17-8-16(24)9-25-10-17/h3-5,8-10,13H,6-7,11-12,24H2,1-2H3/t13-/m1/s1. The number of alkyl halides is 3.